The molecule has 1 aliphatic rings. The van der Waals surface area contributed by atoms with Crippen LogP contribution in [-0.2, 0) is 9.84 Å². The Bertz CT molecular complexity index is 542. The van der Waals surface area contributed by atoms with E-state index in [-0.39, 0.29) is 9.92 Å². The summed E-state index contributed by atoms with van der Waals surface area (Å²) in [5.74, 6) is 0. The molecular formula is C13H16ClNO2S. The maximum absolute atomic E-state index is 12.2. The van der Waals surface area contributed by atoms with Crippen LogP contribution < -0.4 is 5.32 Å². The molecule has 1 aromatic carbocycles. The first kappa shape index (κ1) is 13.4. The van der Waals surface area contributed by atoms with E-state index in [0.29, 0.717) is 0 Å². The molecule has 0 unspecified atom stereocenters. The summed E-state index contributed by atoms with van der Waals surface area (Å²) in [6.45, 7) is 0.837. The van der Waals surface area contributed by atoms with Gasteiger partial charge in [0.1, 0.15) is 0 Å². The minimum Gasteiger partial charge on any atom is -0.388 e. The second-order valence-corrected chi connectivity index (χ2v) is 6.53. The Hall–Kier alpha value is -1.00. The van der Waals surface area contributed by atoms with Crippen LogP contribution in [0.4, 0.5) is 0 Å². The third-order valence-electron chi connectivity index (χ3n) is 2.92. The lowest BCUT2D eigenvalue weighted by atomic mass is 10.2. The van der Waals surface area contributed by atoms with E-state index in [0.717, 1.165) is 37.9 Å². The molecule has 1 fully saturated rings. The van der Waals surface area contributed by atoms with E-state index in [1.807, 2.05) is 0 Å². The fourth-order valence-electron chi connectivity index (χ4n) is 1.98. The fourth-order valence-corrected chi connectivity index (χ4v) is 3.75. The van der Waals surface area contributed by atoms with Crippen molar-refractivity contribution in [3.05, 3.63) is 40.4 Å². The van der Waals surface area contributed by atoms with Gasteiger partial charge in [-0.1, -0.05) is 30.2 Å². The first-order chi connectivity index (χ1) is 8.59. The molecule has 1 aliphatic heterocycles. The zero-order chi connectivity index (χ0) is 13.0. The van der Waals surface area contributed by atoms with Gasteiger partial charge in [-0.15, -0.1) is 0 Å². The first-order valence-electron chi connectivity index (χ1n) is 6.04. The second-order valence-electron chi connectivity index (χ2n) is 4.36. The van der Waals surface area contributed by atoms with Gasteiger partial charge in [0.25, 0.3) is 0 Å². The second kappa shape index (κ2) is 5.76. The fraction of sp³-hybridized carbons (Fsp3) is 0.385. The zero-order valence-corrected chi connectivity index (χ0v) is 11.6. The van der Waals surface area contributed by atoms with Crippen molar-refractivity contribution in [1.82, 2.24) is 5.32 Å². The van der Waals surface area contributed by atoms with Crippen molar-refractivity contribution >= 4 is 21.4 Å². The molecule has 1 saturated heterocycles. The Morgan fingerprint density at radius 1 is 1.17 bits per heavy atom. The van der Waals surface area contributed by atoms with Crippen molar-refractivity contribution in [2.24, 2.45) is 0 Å². The molecule has 0 saturated carbocycles. The van der Waals surface area contributed by atoms with E-state index in [4.69, 9.17) is 11.6 Å². The Labute approximate surface area is 113 Å². The summed E-state index contributed by atoms with van der Waals surface area (Å²) in [5, 5.41) is 4.75. The van der Waals surface area contributed by atoms with Gasteiger partial charge in [-0.3, -0.25) is 0 Å². The highest BCUT2D eigenvalue weighted by atomic mass is 35.5. The maximum atomic E-state index is 12.2. The topological polar surface area (TPSA) is 46.2 Å². The van der Waals surface area contributed by atoms with Crippen LogP contribution in [0.3, 0.4) is 0 Å². The van der Waals surface area contributed by atoms with Gasteiger partial charge in [0.15, 0.2) is 0 Å². The van der Waals surface area contributed by atoms with Crippen molar-refractivity contribution in [1.29, 1.82) is 0 Å². The van der Waals surface area contributed by atoms with Crippen molar-refractivity contribution < 1.29 is 8.42 Å². The van der Waals surface area contributed by atoms with E-state index in [1.165, 1.54) is 11.5 Å². The summed E-state index contributed by atoms with van der Waals surface area (Å²) in [4.78, 5) is 0.171. The molecule has 0 amide bonds. The average molecular weight is 286 g/mol. The quantitative estimate of drug-likeness (QED) is 0.908. The normalized spacial score (nSPS) is 19.3. The first-order valence-corrected chi connectivity index (χ1v) is 7.96. The third-order valence-corrected chi connectivity index (χ3v) is 4.92. The molecule has 0 radical (unpaired) electrons. The molecule has 1 aromatic rings. The molecule has 1 heterocycles. The van der Waals surface area contributed by atoms with Crippen LogP contribution in [0, 0.1) is 0 Å². The lowest BCUT2D eigenvalue weighted by molar-refractivity contribution is 0.603. The minimum absolute atomic E-state index is 0.171. The predicted octanol–water partition coefficient (Wildman–Crippen LogP) is 3.12. The van der Waals surface area contributed by atoms with Crippen LogP contribution >= 0.6 is 11.6 Å². The molecule has 5 heteroatoms. The van der Waals surface area contributed by atoms with Crippen molar-refractivity contribution in [3.8, 4) is 0 Å². The molecular weight excluding hydrogens is 270 g/mol. The average Bonchev–Trinajstić information content (AvgIpc) is 2.57. The van der Waals surface area contributed by atoms with Gasteiger partial charge in [-0.25, -0.2) is 8.42 Å². The molecule has 0 aliphatic carbocycles. The van der Waals surface area contributed by atoms with Gasteiger partial charge in [-0.05, 0) is 31.4 Å². The number of halogens is 1. The number of hydrogen-bond donors (Lipinski definition) is 1. The molecule has 18 heavy (non-hydrogen) atoms. The number of rotatable bonds is 2. The highest BCUT2D eigenvalue weighted by Gasteiger charge is 2.16. The molecule has 0 atom stereocenters. The van der Waals surface area contributed by atoms with Gasteiger partial charge in [0, 0.05) is 12.2 Å². The molecule has 0 aromatic heterocycles. The van der Waals surface area contributed by atoms with Gasteiger partial charge in [-0.2, -0.15) is 0 Å². The Morgan fingerprint density at radius 2 is 1.94 bits per heavy atom. The van der Waals surface area contributed by atoms with Crippen LogP contribution in [0.5, 0.6) is 0 Å². The van der Waals surface area contributed by atoms with E-state index in [2.05, 4.69) is 5.32 Å². The molecule has 2 rings (SSSR count). The van der Waals surface area contributed by atoms with Crippen LogP contribution in [0.2, 0.25) is 5.02 Å². The Kier molecular flexibility index (Phi) is 4.30. The van der Waals surface area contributed by atoms with Crippen molar-refractivity contribution in [3.63, 3.8) is 0 Å². The van der Waals surface area contributed by atoms with Crippen molar-refractivity contribution in [2.75, 3.05) is 6.54 Å². The highest BCUT2D eigenvalue weighted by molar-refractivity contribution is 7.94. The van der Waals surface area contributed by atoms with Crippen LogP contribution in [0.15, 0.2) is 40.3 Å². The van der Waals surface area contributed by atoms with Crippen LogP contribution in [0.25, 0.3) is 0 Å². The molecule has 0 spiro atoms. The summed E-state index contributed by atoms with van der Waals surface area (Å²) in [5.41, 5.74) is 0.785. The molecule has 0 bridgehead atoms. The lowest BCUT2D eigenvalue weighted by Gasteiger charge is -2.07. The van der Waals surface area contributed by atoms with E-state index < -0.39 is 9.84 Å². The van der Waals surface area contributed by atoms with E-state index in [1.54, 1.807) is 18.2 Å². The number of allylic oxidation sites excluding steroid dienone is 1. The van der Waals surface area contributed by atoms with E-state index >= 15 is 0 Å². The SMILES string of the molecule is O=S(=O)(C=C1CCCCCN1)c1ccccc1Cl. The smallest absolute Gasteiger partial charge is 0.202 e. The lowest BCUT2D eigenvalue weighted by Crippen LogP contribution is -2.14. The molecule has 1 N–H and O–H groups in total. The number of hydrogen-bond acceptors (Lipinski definition) is 3. The zero-order valence-electron chi connectivity index (χ0n) is 10.0. The number of nitrogens with one attached hydrogen (secondary N) is 1. The van der Waals surface area contributed by atoms with Gasteiger partial charge in [0.2, 0.25) is 9.84 Å². The number of sulfone groups is 1. The van der Waals surface area contributed by atoms with Crippen LogP contribution in [0.1, 0.15) is 25.7 Å². The maximum Gasteiger partial charge on any atom is 0.202 e. The summed E-state index contributed by atoms with van der Waals surface area (Å²) >= 11 is 5.93. The monoisotopic (exact) mass is 285 g/mol. The van der Waals surface area contributed by atoms with Crippen molar-refractivity contribution in [2.45, 2.75) is 30.6 Å². The largest absolute Gasteiger partial charge is 0.388 e. The van der Waals surface area contributed by atoms with Gasteiger partial charge in [0.05, 0.1) is 15.3 Å². The van der Waals surface area contributed by atoms with Crippen LogP contribution in [-0.4, -0.2) is 15.0 Å². The summed E-state index contributed by atoms with van der Waals surface area (Å²) < 4.78 is 24.5. The Morgan fingerprint density at radius 3 is 2.72 bits per heavy atom. The van der Waals surface area contributed by atoms with E-state index in [9.17, 15) is 8.42 Å². The Balaban J connectivity index is 2.31. The summed E-state index contributed by atoms with van der Waals surface area (Å²) in [6.07, 6.45) is 4.03. The molecule has 3 nitrogen and oxygen atoms in total. The summed E-state index contributed by atoms with van der Waals surface area (Å²) in [6, 6.07) is 6.52. The number of benzene rings is 1. The van der Waals surface area contributed by atoms with Gasteiger partial charge >= 0.3 is 0 Å². The van der Waals surface area contributed by atoms with Gasteiger partial charge < -0.3 is 5.32 Å². The standard InChI is InChI=1S/C13H16ClNO2S/c14-12-7-3-4-8-13(12)18(16,17)10-11-6-2-1-5-9-15-11/h3-4,7-8,10,15H,1-2,5-6,9H2. The third kappa shape index (κ3) is 3.27. The highest BCUT2D eigenvalue weighted by Crippen LogP contribution is 2.24. The predicted molar refractivity (Wildman–Crippen MR) is 73.2 cm³/mol. The minimum atomic E-state index is -3.46. The molecule has 98 valence electrons. The summed E-state index contributed by atoms with van der Waals surface area (Å²) in [7, 11) is -3.46.